The molecule has 0 radical (unpaired) electrons. The maximum atomic E-state index is 13.7. The Labute approximate surface area is 129 Å². The fourth-order valence-corrected chi connectivity index (χ4v) is 3.48. The van der Waals surface area contributed by atoms with Gasteiger partial charge in [0.05, 0.1) is 12.4 Å². The molecule has 2 aromatic heterocycles. The lowest BCUT2D eigenvalue weighted by atomic mass is 10.3. The van der Waals surface area contributed by atoms with E-state index in [-0.39, 0.29) is 15.7 Å². The standard InChI is InChI=1S/C12H10FN5O2S2/c1-8-15-16-12(21-8)17-22(19,20)9-6-14-18(7-9)11-5-3-2-4-10(11)13/h2-7H,1H3,(H,16,17). The molecule has 10 heteroatoms. The summed E-state index contributed by atoms with van der Waals surface area (Å²) >= 11 is 1.12. The number of aromatic nitrogens is 4. The number of para-hydroxylation sites is 1. The molecule has 114 valence electrons. The number of hydrogen-bond donors (Lipinski definition) is 1. The van der Waals surface area contributed by atoms with Crippen molar-refractivity contribution in [3.63, 3.8) is 0 Å². The summed E-state index contributed by atoms with van der Waals surface area (Å²) in [6, 6.07) is 5.95. The van der Waals surface area contributed by atoms with Gasteiger partial charge in [-0.1, -0.05) is 23.5 Å². The van der Waals surface area contributed by atoms with E-state index in [4.69, 9.17) is 0 Å². The third-order valence-corrected chi connectivity index (χ3v) is 4.89. The van der Waals surface area contributed by atoms with E-state index in [1.165, 1.54) is 18.3 Å². The Balaban J connectivity index is 1.91. The highest BCUT2D eigenvalue weighted by Gasteiger charge is 2.19. The van der Waals surface area contributed by atoms with Gasteiger partial charge in [0, 0.05) is 0 Å². The molecule has 0 bridgehead atoms. The first-order chi connectivity index (χ1) is 10.5. The molecule has 0 atom stereocenters. The Kier molecular flexibility index (Phi) is 3.62. The molecule has 1 N–H and O–H groups in total. The molecule has 3 rings (SSSR count). The van der Waals surface area contributed by atoms with Gasteiger partial charge >= 0.3 is 0 Å². The van der Waals surface area contributed by atoms with Crippen LogP contribution in [0.5, 0.6) is 0 Å². The second-order valence-corrected chi connectivity index (χ2v) is 7.17. The lowest BCUT2D eigenvalue weighted by Crippen LogP contribution is -2.12. The highest BCUT2D eigenvalue weighted by atomic mass is 32.2. The van der Waals surface area contributed by atoms with Gasteiger partial charge in [-0.15, -0.1) is 10.2 Å². The average molecular weight is 339 g/mol. The summed E-state index contributed by atoms with van der Waals surface area (Å²) in [5.41, 5.74) is 0.163. The van der Waals surface area contributed by atoms with Crippen molar-refractivity contribution in [2.24, 2.45) is 0 Å². The van der Waals surface area contributed by atoms with Crippen LogP contribution < -0.4 is 4.72 Å². The molecule has 0 saturated heterocycles. The van der Waals surface area contributed by atoms with Crippen molar-refractivity contribution in [1.82, 2.24) is 20.0 Å². The van der Waals surface area contributed by atoms with Crippen molar-refractivity contribution in [1.29, 1.82) is 0 Å². The molecule has 0 amide bonds. The van der Waals surface area contributed by atoms with Crippen LogP contribution in [-0.4, -0.2) is 28.4 Å². The predicted molar refractivity (Wildman–Crippen MR) is 79.0 cm³/mol. The molecule has 0 saturated carbocycles. The van der Waals surface area contributed by atoms with Gasteiger partial charge in [-0.2, -0.15) is 5.10 Å². The first-order valence-electron chi connectivity index (χ1n) is 6.08. The second-order valence-electron chi connectivity index (χ2n) is 4.30. The van der Waals surface area contributed by atoms with E-state index in [9.17, 15) is 12.8 Å². The largest absolute Gasteiger partial charge is 0.266 e. The van der Waals surface area contributed by atoms with E-state index in [0.29, 0.717) is 5.01 Å². The Bertz CT molecular complexity index is 919. The van der Waals surface area contributed by atoms with E-state index in [1.807, 2.05) is 0 Å². The summed E-state index contributed by atoms with van der Waals surface area (Å²) in [7, 11) is -3.85. The Hall–Kier alpha value is -2.33. The maximum Gasteiger partial charge on any atom is 0.266 e. The van der Waals surface area contributed by atoms with Crippen molar-refractivity contribution < 1.29 is 12.8 Å². The van der Waals surface area contributed by atoms with Gasteiger partial charge in [0.25, 0.3) is 10.0 Å². The molecular formula is C12H10FN5O2S2. The lowest BCUT2D eigenvalue weighted by molar-refractivity contribution is 0.600. The van der Waals surface area contributed by atoms with E-state index >= 15 is 0 Å². The zero-order valence-electron chi connectivity index (χ0n) is 11.3. The van der Waals surface area contributed by atoms with Crippen molar-refractivity contribution >= 4 is 26.5 Å². The van der Waals surface area contributed by atoms with Crippen LogP contribution in [-0.2, 0) is 10.0 Å². The molecule has 2 heterocycles. The van der Waals surface area contributed by atoms with Crippen LogP contribution in [0.15, 0.2) is 41.6 Å². The Morgan fingerprint density at radius 2 is 2.05 bits per heavy atom. The third kappa shape index (κ3) is 2.83. The van der Waals surface area contributed by atoms with Gasteiger partial charge in [0.15, 0.2) is 0 Å². The topological polar surface area (TPSA) is 89.8 Å². The number of halogens is 1. The predicted octanol–water partition coefficient (Wildman–Crippen LogP) is 1.97. The van der Waals surface area contributed by atoms with Gasteiger partial charge < -0.3 is 0 Å². The fraction of sp³-hybridized carbons (Fsp3) is 0.0833. The van der Waals surface area contributed by atoms with Crippen molar-refractivity contribution in [2.75, 3.05) is 4.72 Å². The summed E-state index contributed by atoms with van der Waals surface area (Å²) in [5, 5.41) is 12.1. The maximum absolute atomic E-state index is 13.7. The molecule has 3 aromatic rings. The SMILES string of the molecule is Cc1nnc(NS(=O)(=O)c2cnn(-c3ccccc3F)c2)s1. The quantitative estimate of drug-likeness (QED) is 0.785. The summed E-state index contributed by atoms with van der Waals surface area (Å²) in [5.74, 6) is -0.498. The van der Waals surface area contributed by atoms with Gasteiger partial charge in [-0.25, -0.2) is 17.5 Å². The molecule has 0 unspecified atom stereocenters. The van der Waals surface area contributed by atoms with E-state index in [1.54, 1.807) is 19.1 Å². The minimum atomic E-state index is -3.85. The number of benzene rings is 1. The summed E-state index contributed by atoms with van der Waals surface area (Å²) < 4.78 is 41.6. The molecular weight excluding hydrogens is 329 g/mol. The monoisotopic (exact) mass is 339 g/mol. The summed E-state index contributed by atoms with van der Waals surface area (Å²) in [6.07, 6.45) is 2.37. The van der Waals surface area contributed by atoms with Crippen LogP contribution >= 0.6 is 11.3 Å². The van der Waals surface area contributed by atoms with E-state index in [0.717, 1.165) is 22.2 Å². The average Bonchev–Trinajstić information content (AvgIpc) is 3.09. The highest BCUT2D eigenvalue weighted by molar-refractivity contribution is 7.93. The van der Waals surface area contributed by atoms with E-state index < -0.39 is 15.8 Å². The van der Waals surface area contributed by atoms with Gasteiger partial charge in [-0.3, -0.25) is 4.72 Å². The molecule has 0 spiro atoms. The second kappa shape index (κ2) is 5.46. The van der Waals surface area contributed by atoms with Crippen molar-refractivity contribution in [3.05, 3.63) is 47.5 Å². The minimum absolute atomic E-state index is 0.0939. The zero-order valence-corrected chi connectivity index (χ0v) is 12.9. The van der Waals surface area contributed by atoms with Crippen molar-refractivity contribution in [3.8, 4) is 5.69 Å². The van der Waals surface area contributed by atoms with Gasteiger partial charge in [-0.05, 0) is 19.1 Å². The number of sulfonamides is 1. The first kappa shape index (κ1) is 14.6. The van der Waals surface area contributed by atoms with E-state index in [2.05, 4.69) is 20.0 Å². The Morgan fingerprint density at radius 1 is 1.27 bits per heavy atom. The van der Waals surface area contributed by atoms with Crippen LogP contribution in [0.3, 0.4) is 0 Å². The molecule has 22 heavy (non-hydrogen) atoms. The van der Waals surface area contributed by atoms with Crippen LogP contribution in [0, 0.1) is 12.7 Å². The fourth-order valence-electron chi connectivity index (χ4n) is 1.73. The lowest BCUT2D eigenvalue weighted by Gasteiger charge is -2.02. The molecule has 1 aromatic carbocycles. The molecule has 0 fully saturated rings. The minimum Gasteiger partial charge on any atom is -0.253 e. The number of hydrogen-bond acceptors (Lipinski definition) is 6. The first-order valence-corrected chi connectivity index (χ1v) is 8.38. The Morgan fingerprint density at radius 3 is 2.73 bits per heavy atom. The summed E-state index contributed by atoms with van der Waals surface area (Å²) in [4.78, 5) is -0.0939. The highest BCUT2D eigenvalue weighted by Crippen LogP contribution is 2.20. The van der Waals surface area contributed by atoms with Crippen LogP contribution in [0.25, 0.3) is 5.69 Å². The normalized spacial score (nSPS) is 11.5. The zero-order chi connectivity index (χ0) is 15.7. The third-order valence-electron chi connectivity index (χ3n) is 2.72. The van der Waals surface area contributed by atoms with Gasteiger partial charge in [0.2, 0.25) is 5.13 Å². The number of aryl methyl sites for hydroxylation is 1. The van der Waals surface area contributed by atoms with Crippen molar-refractivity contribution in [2.45, 2.75) is 11.8 Å². The van der Waals surface area contributed by atoms with Crippen LogP contribution in [0.4, 0.5) is 9.52 Å². The summed E-state index contributed by atoms with van der Waals surface area (Å²) in [6.45, 7) is 1.71. The smallest absolute Gasteiger partial charge is 0.253 e. The molecule has 0 aliphatic carbocycles. The number of nitrogens with one attached hydrogen (secondary N) is 1. The van der Waals surface area contributed by atoms with Gasteiger partial charge in [0.1, 0.15) is 21.4 Å². The molecule has 0 aliphatic heterocycles. The molecule has 0 aliphatic rings. The van der Waals surface area contributed by atoms with Crippen LogP contribution in [0.1, 0.15) is 5.01 Å². The number of anilines is 1. The molecule has 7 nitrogen and oxygen atoms in total. The number of nitrogens with zero attached hydrogens (tertiary/aromatic N) is 4. The van der Waals surface area contributed by atoms with Crippen LogP contribution in [0.2, 0.25) is 0 Å². The number of rotatable bonds is 4.